The van der Waals surface area contributed by atoms with Crippen LogP contribution in [-0.2, 0) is 14.3 Å². The molecule has 1 rings (SSSR count). The molecule has 0 saturated carbocycles. The van der Waals surface area contributed by atoms with Crippen LogP contribution in [0, 0.1) is 5.21 Å². The van der Waals surface area contributed by atoms with E-state index in [1.54, 1.807) is 13.8 Å². The third-order valence-corrected chi connectivity index (χ3v) is 2.47. The lowest BCUT2D eigenvalue weighted by Crippen LogP contribution is -2.37. The Labute approximate surface area is 110 Å². The first-order chi connectivity index (χ1) is 9.04. The second-order valence-corrected chi connectivity index (χ2v) is 4.28. The normalized spacial score (nSPS) is 19.7. The predicted octanol–water partition coefficient (Wildman–Crippen LogP) is 0.771. The summed E-state index contributed by atoms with van der Waals surface area (Å²) in [5.41, 5.74) is 0. The van der Waals surface area contributed by atoms with Crippen molar-refractivity contribution in [1.82, 2.24) is 5.01 Å². The Bertz CT molecular complexity index is 322. The Morgan fingerprint density at radius 2 is 2.37 bits per heavy atom. The molecule has 0 bridgehead atoms. The van der Waals surface area contributed by atoms with Gasteiger partial charge in [0.25, 0.3) is 6.79 Å². The van der Waals surface area contributed by atoms with Crippen LogP contribution >= 0.6 is 0 Å². The number of nitrogens with zero attached hydrogens (tertiary/aromatic N) is 3. The number of hydrogen-bond acceptors (Lipinski definition) is 7. The van der Waals surface area contributed by atoms with E-state index in [1.165, 1.54) is 5.01 Å². The van der Waals surface area contributed by atoms with Crippen LogP contribution in [0.5, 0.6) is 0 Å². The second kappa shape index (κ2) is 7.62. The second-order valence-electron chi connectivity index (χ2n) is 4.28. The van der Waals surface area contributed by atoms with E-state index in [4.69, 9.17) is 5.11 Å². The van der Waals surface area contributed by atoms with E-state index in [1.807, 2.05) is 0 Å². The van der Waals surface area contributed by atoms with Crippen LogP contribution in [0.1, 0.15) is 26.7 Å². The minimum absolute atomic E-state index is 0.120. The molecule has 0 amide bonds. The van der Waals surface area contributed by atoms with Crippen LogP contribution in [-0.4, -0.2) is 53.3 Å². The number of aliphatic hydroxyl groups is 1. The summed E-state index contributed by atoms with van der Waals surface area (Å²) < 4.78 is 9.18. The number of carbonyl (C=O) groups excluding carboxylic acids is 1. The zero-order valence-electron chi connectivity index (χ0n) is 11.0. The fourth-order valence-corrected chi connectivity index (χ4v) is 1.65. The zero-order chi connectivity index (χ0) is 14.3. The quantitative estimate of drug-likeness (QED) is 0.191. The summed E-state index contributed by atoms with van der Waals surface area (Å²) in [5, 5.41) is 25.1. The number of rotatable bonds is 6. The molecule has 0 spiro atoms. The topological polar surface area (TPSA) is 107 Å². The Kier molecular flexibility index (Phi) is 6.13. The van der Waals surface area contributed by atoms with Crippen molar-refractivity contribution in [2.45, 2.75) is 38.8 Å². The molecule has 110 valence electrons. The lowest BCUT2D eigenvalue weighted by molar-refractivity contribution is -0.715. The number of hydrogen-bond donors (Lipinski definition) is 1. The molecule has 0 aromatic carbocycles. The Hall–Kier alpha value is -1.77. The summed E-state index contributed by atoms with van der Waals surface area (Å²) in [6.45, 7) is 3.22. The minimum Gasteiger partial charge on any atom is -0.569 e. The Balaban J connectivity index is 2.26. The van der Waals surface area contributed by atoms with Crippen molar-refractivity contribution in [2.75, 3.05) is 19.9 Å². The monoisotopic (exact) mass is 277 g/mol. The van der Waals surface area contributed by atoms with E-state index in [0.717, 1.165) is 12.8 Å². The SMILES string of the molecule is CC(C)OC(=O)OCO/N=[N+](\[O-])N1CCCC1CO. The summed E-state index contributed by atoms with van der Waals surface area (Å²) in [6.07, 6.45) is 0.339. The molecule has 0 aromatic rings. The summed E-state index contributed by atoms with van der Waals surface area (Å²) in [4.78, 5) is 15.8. The first-order valence-electron chi connectivity index (χ1n) is 6.05. The van der Waals surface area contributed by atoms with Crippen molar-refractivity contribution in [3.63, 3.8) is 0 Å². The van der Waals surface area contributed by atoms with Crippen molar-refractivity contribution in [3.8, 4) is 0 Å². The van der Waals surface area contributed by atoms with Crippen molar-refractivity contribution >= 4 is 6.16 Å². The maximum absolute atomic E-state index is 11.5. The van der Waals surface area contributed by atoms with Crippen LogP contribution in [0.25, 0.3) is 0 Å². The molecule has 1 aliphatic heterocycles. The van der Waals surface area contributed by atoms with Crippen molar-refractivity contribution < 1.29 is 29.2 Å². The highest BCUT2D eigenvalue weighted by molar-refractivity contribution is 5.59. The molecule has 1 saturated heterocycles. The molecule has 0 aliphatic carbocycles. The van der Waals surface area contributed by atoms with E-state index in [2.05, 4.69) is 19.6 Å². The number of ether oxygens (including phenoxy) is 2. The van der Waals surface area contributed by atoms with E-state index in [-0.39, 0.29) is 23.7 Å². The van der Waals surface area contributed by atoms with Gasteiger partial charge in [-0.3, -0.25) is 0 Å². The highest BCUT2D eigenvalue weighted by Crippen LogP contribution is 2.16. The molecule has 1 aliphatic rings. The lowest BCUT2D eigenvalue weighted by Gasteiger charge is -2.17. The van der Waals surface area contributed by atoms with Gasteiger partial charge in [0.05, 0.1) is 24.2 Å². The highest BCUT2D eigenvalue weighted by atomic mass is 16.8. The van der Waals surface area contributed by atoms with Gasteiger partial charge in [-0.2, -0.15) is 0 Å². The third kappa shape index (κ3) is 5.16. The summed E-state index contributed by atoms with van der Waals surface area (Å²) in [7, 11) is 0. The van der Waals surface area contributed by atoms with Gasteiger partial charge in [0.2, 0.25) is 5.28 Å². The first kappa shape index (κ1) is 15.3. The van der Waals surface area contributed by atoms with E-state index in [0.29, 0.717) is 6.54 Å². The molecule has 9 nitrogen and oxygen atoms in total. The van der Waals surface area contributed by atoms with Crippen LogP contribution in [0.4, 0.5) is 4.79 Å². The molecule has 1 unspecified atom stereocenters. The van der Waals surface area contributed by atoms with Crippen LogP contribution in [0.2, 0.25) is 0 Å². The minimum atomic E-state index is -0.892. The molecule has 1 heterocycles. The highest BCUT2D eigenvalue weighted by Gasteiger charge is 2.30. The van der Waals surface area contributed by atoms with Crippen molar-refractivity contribution in [2.24, 2.45) is 5.28 Å². The Morgan fingerprint density at radius 3 is 3.00 bits per heavy atom. The maximum Gasteiger partial charge on any atom is 0.511 e. The van der Waals surface area contributed by atoms with Gasteiger partial charge in [0.1, 0.15) is 6.04 Å². The first-order valence-corrected chi connectivity index (χ1v) is 6.05. The molecular formula is C10H19N3O6. The molecule has 0 aromatic heterocycles. The molecule has 0 radical (unpaired) electrons. The van der Waals surface area contributed by atoms with Gasteiger partial charge in [-0.1, -0.05) is 0 Å². The van der Waals surface area contributed by atoms with Gasteiger partial charge in [-0.15, -0.1) is 5.01 Å². The van der Waals surface area contributed by atoms with Gasteiger partial charge in [-0.05, 0) is 26.7 Å². The number of carbonyl (C=O) groups is 1. The number of aliphatic hydroxyl groups excluding tert-OH is 1. The van der Waals surface area contributed by atoms with E-state index >= 15 is 0 Å². The third-order valence-electron chi connectivity index (χ3n) is 2.47. The standard InChI is InChI=1S/C10H19N3O6/c1-8(2)19-10(15)17-7-18-11-13(16)12-5-3-4-9(12)6-14/h8-9,14H,3-7H2,1-2H3/b13-11-. The van der Waals surface area contributed by atoms with Crippen molar-refractivity contribution in [3.05, 3.63) is 5.21 Å². The van der Waals surface area contributed by atoms with Crippen LogP contribution in [0.3, 0.4) is 0 Å². The van der Waals surface area contributed by atoms with Crippen LogP contribution < -0.4 is 0 Å². The fraction of sp³-hybridized carbons (Fsp3) is 0.900. The van der Waals surface area contributed by atoms with Gasteiger partial charge in [-0.25, -0.2) is 4.79 Å². The van der Waals surface area contributed by atoms with Gasteiger partial charge >= 0.3 is 6.16 Å². The zero-order valence-corrected chi connectivity index (χ0v) is 11.0. The van der Waals surface area contributed by atoms with E-state index < -0.39 is 12.9 Å². The van der Waals surface area contributed by atoms with Gasteiger partial charge < -0.3 is 24.6 Å². The van der Waals surface area contributed by atoms with Crippen LogP contribution in [0.15, 0.2) is 5.28 Å². The summed E-state index contributed by atoms with van der Waals surface area (Å²) in [5.74, 6) is 0. The van der Waals surface area contributed by atoms with Gasteiger partial charge in [0.15, 0.2) is 0 Å². The molecular weight excluding hydrogens is 258 g/mol. The molecule has 9 heteroatoms. The average molecular weight is 277 g/mol. The van der Waals surface area contributed by atoms with E-state index in [9.17, 15) is 10.0 Å². The summed E-state index contributed by atoms with van der Waals surface area (Å²) in [6, 6.07) is -0.253. The molecule has 1 atom stereocenters. The predicted molar refractivity (Wildman–Crippen MR) is 61.5 cm³/mol. The summed E-state index contributed by atoms with van der Waals surface area (Å²) >= 11 is 0. The molecule has 1 N–H and O–H groups in total. The number of hydrazine groups is 1. The average Bonchev–Trinajstić information content (AvgIpc) is 2.81. The lowest BCUT2D eigenvalue weighted by atomic mass is 10.2. The van der Waals surface area contributed by atoms with Crippen molar-refractivity contribution in [1.29, 1.82) is 0 Å². The maximum atomic E-state index is 11.5. The smallest absolute Gasteiger partial charge is 0.511 e. The fourth-order valence-electron chi connectivity index (χ4n) is 1.65. The van der Waals surface area contributed by atoms with Gasteiger partial charge in [0, 0.05) is 0 Å². The largest absolute Gasteiger partial charge is 0.569 e. The molecule has 1 fully saturated rings. The molecule has 19 heavy (non-hydrogen) atoms. The Morgan fingerprint density at radius 1 is 1.63 bits per heavy atom.